The van der Waals surface area contributed by atoms with Crippen molar-refractivity contribution in [3.63, 3.8) is 0 Å². The topological polar surface area (TPSA) is 448 Å². The van der Waals surface area contributed by atoms with Crippen molar-refractivity contribution in [2.45, 2.75) is 12.1 Å². The van der Waals surface area contributed by atoms with Gasteiger partial charge in [0.25, 0.3) is 0 Å². The number of nitrogens with one attached hydrogen (secondary N) is 6. The molecule has 0 aliphatic heterocycles. The minimum Gasteiger partial charge on any atom is -0.505 e. The van der Waals surface area contributed by atoms with E-state index in [1.54, 1.807) is 72.8 Å². The third-order valence-electron chi connectivity index (χ3n) is 11.8. The average molecular weight is 1220 g/mol. The van der Waals surface area contributed by atoms with Crippen LogP contribution in [0.5, 0.6) is 11.5 Å². The summed E-state index contributed by atoms with van der Waals surface area (Å²) in [6, 6.07) is 25.6. The Morgan fingerprint density at radius 1 is 0.453 bits per heavy atom. The van der Waals surface area contributed by atoms with E-state index in [0.717, 1.165) is 21.6 Å². The number of azo groups is 2. The number of fused-ring (bicyclic) bond motifs is 2. The number of aromatic nitrogens is 6. The second-order valence-electron chi connectivity index (χ2n) is 17.7. The fourth-order valence-electron chi connectivity index (χ4n) is 7.86. The first-order chi connectivity index (χ1) is 41.7. The predicted molar refractivity (Wildman–Crippen MR) is 320 cm³/mol. The summed E-state index contributed by atoms with van der Waals surface area (Å²) in [5, 5.41) is 117. The molecule has 32 heteroatoms. The van der Waals surface area contributed by atoms with Gasteiger partial charge >= 0.3 is 23.9 Å². The fourth-order valence-corrected chi connectivity index (χ4v) is 10.2. The lowest BCUT2D eigenvalue weighted by atomic mass is 10.1. The number of nitrogens with zero attached hydrogens (tertiary/aromatic N) is 10. The molecule has 0 saturated carbocycles. The van der Waals surface area contributed by atoms with Crippen molar-refractivity contribution < 1.29 is 69.5 Å². The molecule has 2 atom stereocenters. The largest absolute Gasteiger partial charge is 0.505 e. The summed E-state index contributed by atoms with van der Waals surface area (Å²) < 4.78 is 10.7. The summed E-state index contributed by atoms with van der Waals surface area (Å²) in [4.78, 5) is 75.6. The van der Waals surface area contributed by atoms with Crippen molar-refractivity contribution in [1.82, 2.24) is 29.9 Å². The molecule has 0 spiro atoms. The molecule has 0 radical (unpaired) electrons. The lowest BCUT2D eigenvalue weighted by Crippen LogP contribution is -2.34. The molecule has 86 heavy (non-hydrogen) atoms. The summed E-state index contributed by atoms with van der Waals surface area (Å²) in [6.07, 6.45) is 0. The first kappa shape index (κ1) is 61.9. The van der Waals surface area contributed by atoms with Crippen LogP contribution in [0.15, 0.2) is 130 Å². The highest BCUT2D eigenvalue weighted by atomic mass is 33.1. The highest BCUT2D eigenvalue weighted by molar-refractivity contribution is 8.76. The van der Waals surface area contributed by atoms with Crippen molar-refractivity contribution in [2.75, 3.05) is 96.1 Å². The summed E-state index contributed by atoms with van der Waals surface area (Å²) in [5.74, 6) is -6.66. The lowest BCUT2D eigenvalue weighted by Gasteiger charge is -2.18. The van der Waals surface area contributed by atoms with E-state index in [-0.39, 0.29) is 167 Å². The number of hydrogen-bond donors (Lipinski definition) is 14. The smallest absolute Gasteiger partial charge is 0.337 e. The minimum absolute atomic E-state index is 0.00934. The third kappa shape index (κ3) is 16.8. The molecular weight excluding hydrogens is 1160 g/mol. The van der Waals surface area contributed by atoms with Gasteiger partial charge in [-0.15, -0.1) is 20.5 Å². The van der Waals surface area contributed by atoms with Crippen LogP contribution in [0.2, 0.25) is 0 Å². The van der Waals surface area contributed by atoms with Crippen molar-refractivity contribution in [2.24, 2.45) is 20.5 Å². The van der Waals surface area contributed by atoms with Gasteiger partial charge in [0.2, 0.25) is 35.7 Å². The molecule has 0 aliphatic rings. The van der Waals surface area contributed by atoms with E-state index < -0.39 is 36.0 Å². The van der Waals surface area contributed by atoms with Crippen LogP contribution in [0.3, 0.4) is 0 Å². The predicted octanol–water partition coefficient (Wildman–Crippen LogP) is 8.14. The van der Waals surface area contributed by atoms with E-state index in [1.165, 1.54) is 36.4 Å². The van der Waals surface area contributed by atoms with Crippen molar-refractivity contribution in [3.8, 4) is 11.5 Å². The summed E-state index contributed by atoms with van der Waals surface area (Å²) in [5.41, 5.74) is 0.511. The van der Waals surface area contributed by atoms with Gasteiger partial charge in [-0.25, -0.2) is 19.2 Å². The van der Waals surface area contributed by atoms with Gasteiger partial charge in [0.15, 0.2) is 11.5 Å². The zero-order valence-electron chi connectivity index (χ0n) is 44.9. The van der Waals surface area contributed by atoms with Crippen LogP contribution >= 0.6 is 21.6 Å². The number of aliphatic carboxylic acids is 2. The van der Waals surface area contributed by atoms with Crippen LogP contribution < -0.4 is 31.9 Å². The van der Waals surface area contributed by atoms with Gasteiger partial charge in [-0.2, -0.15) is 29.9 Å². The lowest BCUT2D eigenvalue weighted by molar-refractivity contribution is -0.138. The Labute approximate surface area is 494 Å². The van der Waals surface area contributed by atoms with Crippen LogP contribution in [0, 0.1) is 0 Å². The maximum Gasteiger partial charge on any atom is 0.337 e. The van der Waals surface area contributed by atoms with Crippen LogP contribution in [0.1, 0.15) is 20.7 Å². The Morgan fingerprint density at radius 2 is 0.837 bits per heavy atom. The molecule has 0 amide bonds. The Morgan fingerprint density at radius 3 is 1.23 bits per heavy atom. The van der Waals surface area contributed by atoms with E-state index >= 15 is 0 Å². The minimum atomic E-state index is -1.37. The number of rotatable bonds is 33. The van der Waals surface area contributed by atoms with Gasteiger partial charge in [-0.1, -0.05) is 82.3 Å². The maximum atomic E-state index is 12.8. The Hall–Kier alpha value is -10.1. The number of benzene rings is 6. The zero-order valence-corrected chi connectivity index (χ0v) is 46.6. The zero-order chi connectivity index (χ0) is 61.0. The average Bonchev–Trinajstić information content (AvgIpc) is 1.25. The molecule has 0 bridgehead atoms. The first-order valence-electron chi connectivity index (χ1n) is 25.8. The van der Waals surface area contributed by atoms with Crippen LogP contribution in [0.4, 0.5) is 69.8 Å². The molecule has 0 fully saturated rings. The van der Waals surface area contributed by atoms with Gasteiger partial charge in [0.1, 0.15) is 34.8 Å². The fraction of sp³-hybridized carbons (Fsp3) is 0.222. The van der Waals surface area contributed by atoms with E-state index in [2.05, 4.69) is 82.3 Å². The number of aliphatic hydroxyl groups is 2. The van der Waals surface area contributed by atoms with Gasteiger partial charge < -0.3 is 82.2 Å². The number of anilines is 8. The molecule has 0 aliphatic carbocycles. The molecule has 30 nitrogen and oxygen atoms in total. The number of carbonyl (C=O) groups is 4. The Bertz CT molecular complexity index is 3550. The third-order valence-corrected chi connectivity index (χ3v) is 14.3. The molecule has 2 heterocycles. The highest BCUT2D eigenvalue weighted by Gasteiger charge is 2.25. The number of aliphatic hydroxyl groups excluding tert-OH is 2. The SMILES string of the molecule is O=C(O)c1ccccc1/N=N/c1ccc2cccc(Nc3nc(NCCOCCO)nc(NC(CSSCC(Nc4nc(NCCOCCO)nc(Nc5cccc6ccc(/N=N/c7ccccc7C(=O)O)c(O)c56)n4)C(=O)O)C(=O)O)n3)c2c1O. The van der Waals surface area contributed by atoms with Gasteiger partial charge in [-0.05, 0) is 59.3 Å². The number of ether oxygens (including phenoxy) is 2. The molecule has 14 N–H and O–H groups in total. The van der Waals surface area contributed by atoms with E-state index in [9.17, 15) is 49.8 Å². The number of carboxylic acid groups (broad SMARTS) is 4. The number of hydrogen-bond acceptors (Lipinski definition) is 28. The molecule has 6 aromatic carbocycles. The summed E-state index contributed by atoms with van der Waals surface area (Å²) in [7, 11) is 2.05. The normalized spacial score (nSPS) is 12.1. The molecule has 446 valence electrons. The number of aromatic hydroxyl groups is 2. The molecule has 2 unspecified atom stereocenters. The van der Waals surface area contributed by atoms with Crippen LogP contribution in [0.25, 0.3) is 21.5 Å². The van der Waals surface area contributed by atoms with Crippen LogP contribution in [-0.4, -0.2) is 171 Å². The quantitative estimate of drug-likeness (QED) is 0.0105. The second-order valence-corrected chi connectivity index (χ2v) is 20.3. The van der Waals surface area contributed by atoms with Gasteiger partial charge in [-0.3, -0.25) is 0 Å². The van der Waals surface area contributed by atoms with E-state index in [1.807, 2.05) is 0 Å². The number of phenolic OH excluding ortho intramolecular Hbond substituents is 2. The highest BCUT2D eigenvalue weighted by Crippen LogP contribution is 2.42. The molecule has 0 saturated heterocycles. The van der Waals surface area contributed by atoms with Crippen molar-refractivity contribution in [1.29, 1.82) is 0 Å². The van der Waals surface area contributed by atoms with Gasteiger partial charge in [0.05, 0.1) is 62.1 Å². The van der Waals surface area contributed by atoms with Crippen molar-refractivity contribution >= 4 is 137 Å². The van der Waals surface area contributed by atoms with E-state index in [0.29, 0.717) is 10.8 Å². The molecular formula is C54H54N16O14S2. The first-order valence-corrected chi connectivity index (χ1v) is 28.3. The number of phenols is 2. The van der Waals surface area contributed by atoms with Crippen molar-refractivity contribution in [3.05, 3.63) is 120 Å². The summed E-state index contributed by atoms with van der Waals surface area (Å²) >= 11 is 0. The Kier molecular flexibility index (Phi) is 21.9. The standard InChI is InChI=1S/C54H54N16O14S2/c71-21-25-83-23-19-55-49-61-51(57-35-13-5-7-29-15-17-37(43(73)41(29)35)69-67-33-11-3-1-9-31(33)45(75)76)65-53(63-49)59-39(47(79)80)27-85-86-28-40(48(81)82)60-54-64-50(56-20-24-84-26-22-72)62-52(66-54)58-36-14-6-8-30-16-18-38(44(74)42(30)36)70-68-34-12-4-2-10-32(34)46(77)78/h1-18,39-40,71-74H,19-28H2,(H,75,76)(H,77,78)(H,79,80)(H,81,82)(H3,55,57,59,61,63,65)(H3,56,58,60,62,64,66)/b69-67+,70-68+. The van der Waals surface area contributed by atoms with Gasteiger partial charge in [0, 0.05) is 35.4 Å². The second kappa shape index (κ2) is 30.4. The van der Waals surface area contributed by atoms with E-state index in [4.69, 9.17) is 19.7 Å². The number of aromatic carboxylic acids is 2. The van der Waals surface area contributed by atoms with Crippen LogP contribution in [-0.2, 0) is 19.1 Å². The Balaban J connectivity index is 0.981. The molecule has 8 rings (SSSR count). The number of carboxylic acids is 4. The monoisotopic (exact) mass is 1210 g/mol. The maximum absolute atomic E-state index is 12.8. The molecule has 2 aromatic heterocycles. The summed E-state index contributed by atoms with van der Waals surface area (Å²) in [6.45, 7) is 0.318. The molecule has 8 aromatic rings.